The van der Waals surface area contributed by atoms with Crippen LogP contribution in [-0.2, 0) is 9.59 Å². The van der Waals surface area contributed by atoms with E-state index in [9.17, 15) is 19.5 Å². The Morgan fingerprint density at radius 1 is 1.05 bits per heavy atom. The summed E-state index contributed by atoms with van der Waals surface area (Å²) < 4.78 is 0. The van der Waals surface area contributed by atoms with Crippen molar-refractivity contribution in [3.63, 3.8) is 0 Å². The second-order valence-electron chi connectivity index (χ2n) is 6.29. The van der Waals surface area contributed by atoms with E-state index in [1.165, 1.54) is 0 Å². The summed E-state index contributed by atoms with van der Waals surface area (Å²) in [6.07, 6.45) is 4.84. The Hall–Kier alpha value is -1.47. The van der Waals surface area contributed by atoms with Gasteiger partial charge in [-0.15, -0.1) is 0 Å². The van der Waals surface area contributed by atoms with Gasteiger partial charge in [-0.3, -0.25) is 14.5 Å². The lowest BCUT2D eigenvalue weighted by atomic mass is 10.1. The zero-order valence-electron chi connectivity index (χ0n) is 12.1. The molecule has 0 aromatic rings. The van der Waals surface area contributed by atoms with Crippen LogP contribution in [0.15, 0.2) is 0 Å². The van der Waals surface area contributed by atoms with Crippen LogP contribution < -0.4 is 4.90 Å². The number of imide groups is 2. The summed E-state index contributed by atoms with van der Waals surface area (Å²) in [6.45, 7) is 1.52. The van der Waals surface area contributed by atoms with E-state index in [2.05, 4.69) is 0 Å². The number of aliphatic hydroxyl groups is 1. The van der Waals surface area contributed by atoms with Crippen LogP contribution in [0.4, 0.5) is 4.79 Å². The minimum absolute atomic E-state index is 0.110. The zero-order chi connectivity index (χ0) is 15.0. The van der Waals surface area contributed by atoms with Crippen molar-refractivity contribution in [3.8, 4) is 0 Å². The van der Waals surface area contributed by atoms with Crippen molar-refractivity contribution in [1.29, 1.82) is 0 Å². The molecule has 0 spiro atoms. The average molecular weight is 296 g/mol. The fourth-order valence-electron chi connectivity index (χ4n) is 3.64. The van der Waals surface area contributed by atoms with Gasteiger partial charge in [0.15, 0.2) is 6.67 Å². The standard InChI is InChI=1S/C14H21N3O4/c18-11-6-3-7-15(8-11)9-16-12(19)13(20)17(14(16)21)10-4-1-2-5-10/h10-11,18H,1-9H2/p+1/t11-/m1/s1. The van der Waals surface area contributed by atoms with Crippen LogP contribution in [0.5, 0.6) is 0 Å². The average Bonchev–Trinajstić information content (AvgIpc) is 3.03. The summed E-state index contributed by atoms with van der Waals surface area (Å²) in [4.78, 5) is 39.8. The molecule has 2 heterocycles. The molecule has 1 unspecified atom stereocenters. The van der Waals surface area contributed by atoms with Gasteiger partial charge in [0.2, 0.25) is 0 Å². The largest absolute Gasteiger partial charge is 0.387 e. The SMILES string of the molecule is O=C1C(=O)N(C2CCCC2)C(=O)N1C[NH+]1CCC[C@@H](O)C1. The second-order valence-corrected chi connectivity index (χ2v) is 6.29. The zero-order valence-corrected chi connectivity index (χ0v) is 12.1. The summed E-state index contributed by atoms with van der Waals surface area (Å²) in [5, 5.41) is 9.68. The first kappa shape index (κ1) is 14.5. The highest BCUT2D eigenvalue weighted by atomic mass is 16.3. The molecule has 2 N–H and O–H groups in total. The van der Waals surface area contributed by atoms with Gasteiger partial charge in [0.05, 0.1) is 6.54 Å². The number of nitrogens with one attached hydrogen (secondary N) is 1. The van der Waals surface area contributed by atoms with Crippen LogP contribution in [0.3, 0.4) is 0 Å². The van der Waals surface area contributed by atoms with Crippen LogP contribution in [0, 0.1) is 0 Å². The highest BCUT2D eigenvalue weighted by Crippen LogP contribution is 2.27. The van der Waals surface area contributed by atoms with Crippen LogP contribution in [0.25, 0.3) is 0 Å². The molecule has 21 heavy (non-hydrogen) atoms. The molecule has 0 aromatic heterocycles. The Kier molecular flexibility index (Phi) is 3.95. The van der Waals surface area contributed by atoms with Crippen LogP contribution >= 0.6 is 0 Å². The minimum Gasteiger partial charge on any atom is -0.387 e. The van der Waals surface area contributed by atoms with E-state index in [-0.39, 0.29) is 18.8 Å². The predicted molar refractivity (Wildman–Crippen MR) is 72.1 cm³/mol. The molecular weight excluding hydrogens is 274 g/mol. The van der Waals surface area contributed by atoms with E-state index in [4.69, 9.17) is 0 Å². The molecule has 2 atom stereocenters. The highest BCUT2D eigenvalue weighted by molar-refractivity contribution is 6.44. The number of rotatable bonds is 3. The van der Waals surface area contributed by atoms with Crippen molar-refractivity contribution in [2.75, 3.05) is 19.8 Å². The van der Waals surface area contributed by atoms with Gasteiger partial charge in [-0.1, -0.05) is 12.8 Å². The number of carbonyl (C=O) groups excluding carboxylic acids is 3. The van der Waals surface area contributed by atoms with Gasteiger partial charge in [0.25, 0.3) is 0 Å². The van der Waals surface area contributed by atoms with Gasteiger partial charge < -0.3 is 10.0 Å². The van der Waals surface area contributed by atoms with E-state index < -0.39 is 17.8 Å². The Balaban J connectivity index is 1.69. The molecule has 0 aromatic carbocycles. The van der Waals surface area contributed by atoms with Crippen molar-refractivity contribution in [2.24, 2.45) is 0 Å². The summed E-state index contributed by atoms with van der Waals surface area (Å²) >= 11 is 0. The van der Waals surface area contributed by atoms with Gasteiger partial charge in [-0.05, 0) is 25.7 Å². The maximum absolute atomic E-state index is 12.4. The number of carbonyl (C=O) groups is 3. The number of likely N-dealkylation sites (tertiary alicyclic amines) is 1. The molecule has 3 rings (SSSR count). The fraction of sp³-hybridized carbons (Fsp3) is 0.786. The van der Waals surface area contributed by atoms with Crippen molar-refractivity contribution >= 4 is 17.8 Å². The topological polar surface area (TPSA) is 82.4 Å². The number of urea groups is 1. The maximum Gasteiger partial charge on any atom is 0.338 e. The third-order valence-corrected chi connectivity index (χ3v) is 4.75. The van der Waals surface area contributed by atoms with Crippen LogP contribution in [0.1, 0.15) is 38.5 Å². The molecule has 1 saturated carbocycles. The van der Waals surface area contributed by atoms with Crippen LogP contribution in [0.2, 0.25) is 0 Å². The molecule has 1 aliphatic carbocycles. The molecule has 7 nitrogen and oxygen atoms in total. The van der Waals surface area contributed by atoms with Crippen LogP contribution in [-0.4, -0.2) is 64.7 Å². The molecule has 0 bridgehead atoms. The van der Waals surface area contributed by atoms with Gasteiger partial charge in [0, 0.05) is 6.04 Å². The van der Waals surface area contributed by atoms with Gasteiger partial charge in [-0.2, -0.15) is 0 Å². The predicted octanol–water partition coefficient (Wildman–Crippen LogP) is -1.28. The number of piperidine rings is 1. The lowest BCUT2D eigenvalue weighted by molar-refractivity contribution is -0.915. The third kappa shape index (κ3) is 2.67. The normalized spacial score (nSPS) is 31.6. The molecule has 3 aliphatic rings. The van der Waals surface area contributed by atoms with Gasteiger partial charge in [-0.25, -0.2) is 9.69 Å². The lowest BCUT2D eigenvalue weighted by Crippen LogP contribution is -3.15. The fourth-order valence-corrected chi connectivity index (χ4v) is 3.64. The number of hydrogen-bond acceptors (Lipinski definition) is 4. The number of aliphatic hydroxyl groups excluding tert-OH is 1. The third-order valence-electron chi connectivity index (χ3n) is 4.75. The molecule has 4 amide bonds. The lowest BCUT2D eigenvalue weighted by Gasteiger charge is -2.29. The van der Waals surface area contributed by atoms with Crippen molar-refractivity contribution < 1.29 is 24.4 Å². The smallest absolute Gasteiger partial charge is 0.338 e. The van der Waals surface area contributed by atoms with E-state index in [0.717, 1.165) is 59.8 Å². The first-order valence-corrected chi connectivity index (χ1v) is 7.78. The summed E-state index contributed by atoms with van der Waals surface area (Å²) in [6, 6.07) is -0.578. The Morgan fingerprint density at radius 2 is 1.76 bits per heavy atom. The number of hydrogen-bond donors (Lipinski definition) is 2. The monoisotopic (exact) mass is 296 g/mol. The van der Waals surface area contributed by atoms with Gasteiger partial charge >= 0.3 is 17.8 Å². The highest BCUT2D eigenvalue weighted by Gasteiger charge is 2.49. The summed E-state index contributed by atoms with van der Waals surface area (Å²) in [5.41, 5.74) is 0. The van der Waals surface area contributed by atoms with E-state index in [1.54, 1.807) is 0 Å². The molecule has 2 aliphatic heterocycles. The Morgan fingerprint density at radius 3 is 2.43 bits per heavy atom. The van der Waals surface area contributed by atoms with Crippen molar-refractivity contribution in [3.05, 3.63) is 0 Å². The molecular formula is C14H22N3O4+. The molecule has 3 fully saturated rings. The summed E-state index contributed by atoms with van der Waals surface area (Å²) in [5.74, 6) is -1.39. The second kappa shape index (κ2) is 5.73. The quantitative estimate of drug-likeness (QED) is 0.502. The Labute approximate surface area is 123 Å². The van der Waals surface area contributed by atoms with Crippen molar-refractivity contribution in [1.82, 2.24) is 9.80 Å². The number of quaternary nitrogens is 1. The van der Waals surface area contributed by atoms with E-state index in [1.807, 2.05) is 0 Å². The first-order valence-electron chi connectivity index (χ1n) is 7.78. The number of amides is 4. The molecule has 7 heteroatoms. The van der Waals surface area contributed by atoms with E-state index in [0.29, 0.717) is 6.54 Å². The van der Waals surface area contributed by atoms with E-state index >= 15 is 0 Å². The minimum atomic E-state index is -0.709. The van der Waals surface area contributed by atoms with Gasteiger partial charge in [0.1, 0.15) is 12.6 Å². The maximum atomic E-state index is 12.4. The first-order chi connectivity index (χ1) is 10.1. The number of nitrogens with zero attached hydrogens (tertiary/aromatic N) is 2. The molecule has 116 valence electrons. The van der Waals surface area contributed by atoms with Crippen molar-refractivity contribution in [2.45, 2.75) is 50.7 Å². The Bertz CT molecular complexity index is 461. The summed E-state index contributed by atoms with van der Waals surface area (Å²) in [7, 11) is 0. The molecule has 2 saturated heterocycles. The molecule has 0 radical (unpaired) electrons.